The Morgan fingerprint density at radius 2 is 1.64 bits per heavy atom. The van der Waals surface area contributed by atoms with E-state index in [1.165, 1.54) is 55.0 Å². The molecule has 7 rings (SSSR count). The number of hydrogen-bond donors (Lipinski definition) is 0. The molecule has 4 aliphatic rings. The predicted molar refractivity (Wildman–Crippen MR) is 189 cm³/mol. The van der Waals surface area contributed by atoms with Crippen LogP contribution in [-0.4, -0.2) is 30.4 Å². The van der Waals surface area contributed by atoms with Gasteiger partial charge in [0, 0.05) is 46.9 Å². The minimum absolute atomic E-state index is 0.0471. The maximum absolute atomic E-state index is 7.24. The molecule has 3 aromatic carbocycles. The number of halogens is 1. The Balaban J connectivity index is 1.24. The van der Waals surface area contributed by atoms with E-state index in [1.54, 1.807) is 5.57 Å². The van der Waals surface area contributed by atoms with Gasteiger partial charge in [-0.3, -0.25) is 0 Å². The van der Waals surface area contributed by atoms with Crippen molar-refractivity contribution in [3.63, 3.8) is 0 Å². The van der Waals surface area contributed by atoms with Crippen LogP contribution in [0.3, 0.4) is 0 Å². The van der Waals surface area contributed by atoms with Gasteiger partial charge >= 0.3 is 0 Å². The second kappa shape index (κ2) is 10.5. The van der Waals surface area contributed by atoms with Crippen molar-refractivity contribution in [1.29, 1.82) is 0 Å². The highest BCUT2D eigenvalue weighted by atomic mass is 35.5. The van der Waals surface area contributed by atoms with Crippen LogP contribution in [0.5, 0.6) is 0 Å². The zero-order valence-electron chi connectivity index (χ0n) is 27.2. The van der Waals surface area contributed by atoms with E-state index in [9.17, 15) is 0 Å². The number of fused-ring (bicyclic) bond motifs is 5. The fraction of sp³-hybridized carbons (Fsp3) is 0.341. The topological polar surface area (TPSA) is 6.25 Å². The largest absolute Gasteiger partial charge is 0.347 e. The third kappa shape index (κ3) is 4.40. The highest BCUT2D eigenvalue weighted by Gasteiger charge is 2.49. The van der Waals surface area contributed by atoms with Crippen LogP contribution in [0.1, 0.15) is 59.4 Å². The average molecular weight is 600 g/mol. The van der Waals surface area contributed by atoms with Crippen molar-refractivity contribution in [2.45, 2.75) is 65.3 Å². The van der Waals surface area contributed by atoms with Crippen LogP contribution in [-0.2, 0) is 5.41 Å². The van der Waals surface area contributed by atoms with Gasteiger partial charge in [-0.1, -0.05) is 105 Å². The van der Waals surface area contributed by atoms with Crippen LogP contribution in [0.4, 0.5) is 5.69 Å². The number of anilines is 1. The van der Waals surface area contributed by atoms with Crippen molar-refractivity contribution >= 4 is 45.4 Å². The Labute approximate surface area is 267 Å². The lowest BCUT2D eigenvalue weighted by atomic mass is 9.76. The molecule has 0 radical (unpaired) electrons. The van der Waals surface area contributed by atoms with Crippen LogP contribution < -0.4 is 15.3 Å². The fourth-order valence-corrected chi connectivity index (χ4v) is 8.96. The molecular weight excluding hydrogens is 556 g/mol. The number of rotatable bonds is 3. The molecule has 2 unspecified atom stereocenters. The molecule has 0 saturated carbocycles. The van der Waals surface area contributed by atoms with E-state index >= 15 is 0 Å². The maximum atomic E-state index is 7.24. The summed E-state index contributed by atoms with van der Waals surface area (Å²) < 4.78 is 2.50. The van der Waals surface area contributed by atoms with Gasteiger partial charge in [0.25, 0.3) is 0 Å². The first-order valence-corrected chi connectivity index (χ1v) is 16.5. The predicted octanol–water partition coefficient (Wildman–Crippen LogP) is 8.38. The average Bonchev–Trinajstić information content (AvgIpc) is 3.33. The van der Waals surface area contributed by atoms with Gasteiger partial charge in [0.05, 0.1) is 5.41 Å². The van der Waals surface area contributed by atoms with Crippen molar-refractivity contribution in [2.75, 3.05) is 19.0 Å². The Morgan fingerprint density at radius 3 is 2.45 bits per heavy atom. The number of likely N-dealkylation sites (N-methyl/N-ethyl adjacent to an activating group) is 1. The molecule has 0 aromatic heterocycles. The van der Waals surface area contributed by atoms with Crippen molar-refractivity contribution in [3.8, 4) is 0 Å². The van der Waals surface area contributed by atoms with Gasteiger partial charge in [0.15, 0.2) is 11.8 Å². The molecule has 3 heteroatoms. The monoisotopic (exact) mass is 599 g/mol. The fourth-order valence-electron chi connectivity index (χ4n) is 8.68. The highest BCUT2D eigenvalue weighted by molar-refractivity contribution is 6.32. The molecule has 3 aromatic rings. The SMILES string of the molecule is CC1CC(/C=C/C2=[N+](C)C3CC=c4ccccc4=C3C2(C)C)=C(Cl)C(=C/C=C2/N(C)c3ccc4ccccc4c3C2(C)C)/C1. The van der Waals surface area contributed by atoms with E-state index in [-0.39, 0.29) is 10.8 Å². The smallest absolute Gasteiger partial charge is 0.186 e. The summed E-state index contributed by atoms with van der Waals surface area (Å²) in [5.41, 5.74) is 9.23. The molecule has 0 bridgehead atoms. The maximum Gasteiger partial charge on any atom is 0.186 e. The minimum atomic E-state index is -0.110. The lowest BCUT2D eigenvalue weighted by Crippen LogP contribution is -2.39. The number of nitrogens with zero attached hydrogens (tertiary/aromatic N) is 2. The quantitative estimate of drug-likeness (QED) is 0.274. The standard InChI is InChI=1S/C41H44ClN2/c1-26-24-29(18-22-35-40(2,3)37-31-14-10-8-12-27(31)16-20-33(37)43(35)6)39(42)30(25-26)19-23-36-41(4,5)38-32-15-11-9-13-28(32)17-21-34(38)44(36)7/h8-20,22-23,26,34H,21,24-25H2,1-7H3/q+1. The molecule has 224 valence electrons. The Kier molecular flexibility index (Phi) is 6.94. The highest BCUT2D eigenvalue weighted by Crippen LogP contribution is 2.50. The van der Waals surface area contributed by atoms with Crippen molar-refractivity contribution < 1.29 is 4.58 Å². The summed E-state index contributed by atoms with van der Waals surface area (Å²) in [5.74, 6) is 0.537. The summed E-state index contributed by atoms with van der Waals surface area (Å²) in [6.07, 6.45) is 14.7. The van der Waals surface area contributed by atoms with Crippen molar-refractivity contribution in [2.24, 2.45) is 11.3 Å². The number of benzene rings is 3. The molecule has 0 saturated heterocycles. The van der Waals surface area contributed by atoms with Gasteiger partial charge in [0.1, 0.15) is 7.05 Å². The van der Waals surface area contributed by atoms with Gasteiger partial charge in [0.2, 0.25) is 0 Å². The van der Waals surface area contributed by atoms with Gasteiger partial charge in [-0.2, -0.15) is 0 Å². The summed E-state index contributed by atoms with van der Waals surface area (Å²) in [4.78, 5) is 2.37. The number of hydrogen-bond acceptors (Lipinski definition) is 1. The summed E-state index contributed by atoms with van der Waals surface area (Å²) in [5, 5.41) is 6.32. The first-order valence-electron chi connectivity index (χ1n) is 16.1. The molecular formula is C41H44ClN2+. The van der Waals surface area contributed by atoms with E-state index in [0.29, 0.717) is 12.0 Å². The van der Waals surface area contributed by atoms with Gasteiger partial charge < -0.3 is 4.90 Å². The zero-order valence-corrected chi connectivity index (χ0v) is 28.0. The Bertz CT molecular complexity index is 2000. The molecule has 2 nitrogen and oxygen atoms in total. The van der Waals surface area contributed by atoms with E-state index in [2.05, 4.69) is 149 Å². The minimum Gasteiger partial charge on any atom is -0.347 e. The molecule has 0 amide bonds. The molecule has 2 aliphatic heterocycles. The van der Waals surface area contributed by atoms with Crippen LogP contribution >= 0.6 is 11.6 Å². The van der Waals surface area contributed by atoms with E-state index in [1.807, 2.05) is 0 Å². The molecule has 44 heavy (non-hydrogen) atoms. The summed E-state index contributed by atoms with van der Waals surface area (Å²) in [7, 11) is 4.46. The van der Waals surface area contributed by atoms with Crippen LogP contribution in [0.15, 0.2) is 107 Å². The van der Waals surface area contributed by atoms with E-state index in [4.69, 9.17) is 11.6 Å². The lowest BCUT2D eigenvalue weighted by Gasteiger charge is -2.25. The molecule has 0 fully saturated rings. The molecule has 0 N–H and O–H groups in total. The lowest BCUT2D eigenvalue weighted by molar-refractivity contribution is -0.515. The van der Waals surface area contributed by atoms with Gasteiger partial charge in [-0.15, -0.1) is 0 Å². The Morgan fingerprint density at radius 1 is 0.886 bits per heavy atom. The first kappa shape index (κ1) is 29.1. The second-order valence-electron chi connectivity index (χ2n) is 14.4. The third-order valence-electron chi connectivity index (χ3n) is 10.8. The van der Waals surface area contributed by atoms with E-state index < -0.39 is 0 Å². The molecule has 0 spiro atoms. The molecule has 2 aliphatic carbocycles. The van der Waals surface area contributed by atoms with Crippen molar-refractivity contribution in [1.82, 2.24) is 0 Å². The Hall–Kier alpha value is -3.62. The van der Waals surface area contributed by atoms with Gasteiger partial charge in [-0.05, 0) is 82.7 Å². The van der Waals surface area contributed by atoms with Crippen molar-refractivity contribution in [3.05, 3.63) is 123 Å². The summed E-state index contributed by atoms with van der Waals surface area (Å²) >= 11 is 7.24. The van der Waals surface area contributed by atoms with E-state index in [0.717, 1.165) is 24.3 Å². The zero-order chi connectivity index (χ0) is 31.0. The van der Waals surface area contributed by atoms with Crippen LogP contribution in [0.25, 0.3) is 22.4 Å². The number of allylic oxidation sites excluding steroid dienone is 8. The third-order valence-corrected chi connectivity index (χ3v) is 11.3. The van der Waals surface area contributed by atoms with Crippen LogP contribution in [0, 0.1) is 11.3 Å². The second-order valence-corrected chi connectivity index (χ2v) is 14.8. The van der Waals surface area contributed by atoms with Crippen LogP contribution in [0.2, 0.25) is 0 Å². The normalized spacial score (nSPS) is 25.7. The summed E-state index contributed by atoms with van der Waals surface area (Å²) in [6, 6.07) is 22.6. The first-order chi connectivity index (χ1) is 21.0. The summed E-state index contributed by atoms with van der Waals surface area (Å²) in [6.45, 7) is 11.8. The molecule has 2 heterocycles. The van der Waals surface area contributed by atoms with Gasteiger partial charge in [-0.25, -0.2) is 4.58 Å². The molecule has 2 atom stereocenters.